The largest absolute Gasteiger partial charge is 0.343 e. The third-order valence-electron chi connectivity index (χ3n) is 5.83. The van der Waals surface area contributed by atoms with Gasteiger partial charge in [0.2, 0.25) is 5.91 Å². The number of amides is 3. The zero-order chi connectivity index (χ0) is 18.8. The SMILES string of the molecule is Cc1ccc2c(c1)C(=O)N(CCCC(=O)N(C)C1CCC(C)CC1)C2=O. The van der Waals surface area contributed by atoms with E-state index in [2.05, 4.69) is 6.92 Å². The van der Waals surface area contributed by atoms with Crippen molar-refractivity contribution >= 4 is 17.7 Å². The summed E-state index contributed by atoms with van der Waals surface area (Å²) in [5.74, 6) is 0.382. The van der Waals surface area contributed by atoms with Crippen LogP contribution in [0.15, 0.2) is 18.2 Å². The lowest BCUT2D eigenvalue weighted by atomic mass is 9.86. The van der Waals surface area contributed by atoms with Crippen molar-refractivity contribution in [2.45, 2.75) is 58.4 Å². The molecule has 1 saturated carbocycles. The molecule has 5 heteroatoms. The van der Waals surface area contributed by atoms with Gasteiger partial charge in [-0.1, -0.05) is 18.6 Å². The van der Waals surface area contributed by atoms with Crippen molar-refractivity contribution in [2.75, 3.05) is 13.6 Å². The predicted molar refractivity (Wildman–Crippen MR) is 100.0 cm³/mol. The van der Waals surface area contributed by atoms with Gasteiger partial charge in [0, 0.05) is 26.1 Å². The minimum Gasteiger partial charge on any atom is -0.343 e. The van der Waals surface area contributed by atoms with Gasteiger partial charge in [0.15, 0.2) is 0 Å². The highest BCUT2D eigenvalue weighted by Crippen LogP contribution is 2.27. The molecule has 26 heavy (non-hydrogen) atoms. The van der Waals surface area contributed by atoms with Gasteiger partial charge in [0.05, 0.1) is 11.1 Å². The monoisotopic (exact) mass is 356 g/mol. The van der Waals surface area contributed by atoms with E-state index in [4.69, 9.17) is 0 Å². The molecule has 1 aromatic rings. The highest BCUT2D eigenvalue weighted by atomic mass is 16.2. The summed E-state index contributed by atoms with van der Waals surface area (Å²) in [7, 11) is 1.88. The van der Waals surface area contributed by atoms with E-state index in [1.54, 1.807) is 12.1 Å². The first-order chi connectivity index (χ1) is 12.4. The van der Waals surface area contributed by atoms with Crippen LogP contribution in [0.25, 0.3) is 0 Å². The molecule has 1 heterocycles. The lowest BCUT2D eigenvalue weighted by molar-refractivity contribution is -0.132. The van der Waals surface area contributed by atoms with Crippen LogP contribution in [0.2, 0.25) is 0 Å². The Hall–Kier alpha value is -2.17. The molecule has 0 radical (unpaired) electrons. The van der Waals surface area contributed by atoms with Gasteiger partial charge in [-0.15, -0.1) is 0 Å². The van der Waals surface area contributed by atoms with Crippen molar-refractivity contribution in [2.24, 2.45) is 5.92 Å². The van der Waals surface area contributed by atoms with Gasteiger partial charge >= 0.3 is 0 Å². The van der Waals surface area contributed by atoms with E-state index in [1.165, 1.54) is 17.7 Å². The van der Waals surface area contributed by atoms with E-state index in [0.29, 0.717) is 36.6 Å². The Labute approximate surface area is 155 Å². The number of nitrogens with zero attached hydrogens (tertiary/aromatic N) is 2. The Bertz CT molecular complexity index is 720. The predicted octanol–water partition coefficient (Wildman–Crippen LogP) is 3.41. The van der Waals surface area contributed by atoms with Gasteiger partial charge in [-0.05, 0) is 57.1 Å². The molecule has 2 aliphatic rings. The molecule has 3 rings (SSSR count). The number of aryl methyl sites for hydroxylation is 1. The second kappa shape index (κ2) is 7.60. The van der Waals surface area contributed by atoms with Crippen molar-refractivity contribution in [3.63, 3.8) is 0 Å². The Morgan fingerprint density at radius 1 is 1.12 bits per heavy atom. The van der Waals surface area contributed by atoms with E-state index in [1.807, 2.05) is 24.9 Å². The molecule has 3 amide bonds. The molecule has 1 aromatic carbocycles. The fraction of sp³-hybridized carbons (Fsp3) is 0.571. The summed E-state index contributed by atoms with van der Waals surface area (Å²) in [6.07, 6.45) is 5.38. The molecule has 0 atom stereocenters. The van der Waals surface area contributed by atoms with Gasteiger partial charge < -0.3 is 4.90 Å². The van der Waals surface area contributed by atoms with Crippen LogP contribution in [0.4, 0.5) is 0 Å². The average molecular weight is 356 g/mol. The maximum atomic E-state index is 12.5. The van der Waals surface area contributed by atoms with Gasteiger partial charge in [-0.25, -0.2) is 0 Å². The Morgan fingerprint density at radius 3 is 2.46 bits per heavy atom. The van der Waals surface area contributed by atoms with E-state index < -0.39 is 0 Å². The molecular weight excluding hydrogens is 328 g/mol. The van der Waals surface area contributed by atoms with Crippen LogP contribution in [0, 0.1) is 12.8 Å². The molecule has 0 saturated heterocycles. The van der Waals surface area contributed by atoms with Crippen molar-refractivity contribution in [1.29, 1.82) is 0 Å². The molecule has 1 aliphatic carbocycles. The molecule has 0 N–H and O–H groups in total. The molecule has 0 bridgehead atoms. The first kappa shape index (κ1) is 18.6. The zero-order valence-corrected chi connectivity index (χ0v) is 16.0. The second-order valence-electron chi connectivity index (χ2n) is 7.83. The van der Waals surface area contributed by atoms with Gasteiger partial charge in [-0.2, -0.15) is 0 Å². The van der Waals surface area contributed by atoms with Crippen LogP contribution in [-0.4, -0.2) is 47.2 Å². The molecule has 1 fully saturated rings. The summed E-state index contributed by atoms with van der Waals surface area (Å²) in [6.45, 7) is 4.47. The van der Waals surface area contributed by atoms with Crippen LogP contribution < -0.4 is 0 Å². The number of imide groups is 1. The smallest absolute Gasteiger partial charge is 0.261 e. The number of rotatable bonds is 5. The first-order valence-electron chi connectivity index (χ1n) is 9.61. The van der Waals surface area contributed by atoms with Crippen molar-refractivity contribution < 1.29 is 14.4 Å². The molecule has 1 aliphatic heterocycles. The minimum absolute atomic E-state index is 0.108. The highest BCUT2D eigenvalue weighted by molar-refractivity contribution is 6.21. The van der Waals surface area contributed by atoms with Crippen LogP contribution in [0.1, 0.15) is 71.7 Å². The van der Waals surface area contributed by atoms with E-state index in [-0.39, 0.29) is 17.7 Å². The van der Waals surface area contributed by atoms with E-state index >= 15 is 0 Å². The topological polar surface area (TPSA) is 57.7 Å². The summed E-state index contributed by atoms with van der Waals surface area (Å²) in [5.41, 5.74) is 1.92. The highest BCUT2D eigenvalue weighted by Gasteiger charge is 2.35. The maximum absolute atomic E-state index is 12.5. The van der Waals surface area contributed by atoms with E-state index in [9.17, 15) is 14.4 Å². The molecule has 5 nitrogen and oxygen atoms in total. The summed E-state index contributed by atoms with van der Waals surface area (Å²) >= 11 is 0. The second-order valence-corrected chi connectivity index (χ2v) is 7.83. The van der Waals surface area contributed by atoms with Gasteiger partial charge in [-0.3, -0.25) is 19.3 Å². The number of carbonyl (C=O) groups excluding carboxylic acids is 3. The Morgan fingerprint density at radius 2 is 1.77 bits per heavy atom. The van der Waals surface area contributed by atoms with Gasteiger partial charge in [0.25, 0.3) is 11.8 Å². The fourth-order valence-corrected chi connectivity index (χ4v) is 4.01. The molecule has 140 valence electrons. The molecular formula is C21H28N2O3. The Balaban J connectivity index is 1.51. The fourth-order valence-electron chi connectivity index (χ4n) is 4.01. The van der Waals surface area contributed by atoms with Crippen molar-refractivity contribution in [3.05, 3.63) is 34.9 Å². The van der Waals surface area contributed by atoms with Crippen molar-refractivity contribution in [1.82, 2.24) is 9.80 Å². The lowest BCUT2D eigenvalue weighted by Gasteiger charge is -2.33. The van der Waals surface area contributed by atoms with Gasteiger partial charge in [0.1, 0.15) is 0 Å². The Kier molecular flexibility index (Phi) is 5.44. The average Bonchev–Trinajstić information content (AvgIpc) is 2.86. The first-order valence-corrected chi connectivity index (χ1v) is 9.61. The molecule has 0 unspecified atom stereocenters. The number of hydrogen-bond donors (Lipinski definition) is 0. The lowest BCUT2D eigenvalue weighted by Crippen LogP contribution is -2.39. The van der Waals surface area contributed by atoms with Crippen LogP contribution >= 0.6 is 0 Å². The zero-order valence-electron chi connectivity index (χ0n) is 16.0. The van der Waals surface area contributed by atoms with Crippen LogP contribution in [0.3, 0.4) is 0 Å². The number of hydrogen-bond acceptors (Lipinski definition) is 3. The normalized spacial score (nSPS) is 22.5. The molecule has 0 spiro atoms. The van der Waals surface area contributed by atoms with Crippen molar-refractivity contribution in [3.8, 4) is 0 Å². The standard InChI is InChI=1S/C21H28N2O3/c1-14-6-9-16(10-7-14)22(3)19(24)5-4-12-23-20(25)17-11-8-15(2)13-18(17)21(23)26/h8,11,13-14,16H,4-7,9-10,12H2,1-3H3. The molecule has 0 aromatic heterocycles. The maximum Gasteiger partial charge on any atom is 0.261 e. The summed E-state index contributed by atoms with van der Waals surface area (Å²) in [4.78, 5) is 40.5. The summed E-state index contributed by atoms with van der Waals surface area (Å²) in [6, 6.07) is 5.66. The minimum atomic E-state index is -0.243. The third kappa shape index (κ3) is 3.67. The van der Waals surface area contributed by atoms with E-state index in [0.717, 1.165) is 24.3 Å². The van der Waals surface area contributed by atoms with Crippen LogP contribution in [-0.2, 0) is 4.79 Å². The summed E-state index contributed by atoms with van der Waals surface area (Å²) in [5, 5.41) is 0. The number of carbonyl (C=O) groups is 3. The quantitative estimate of drug-likeness (QED) is 0.760. The van der Waals surface area contributed by atoms with Crippen LogP contribution in [0.5, 0.6) is 0 Å². The third-order valence-corrected chi connectivity index (χ3v) is 5.83. The summed E-state index contributed by atoms with van der Waals surface area (Å²) < 4.78 is 0. The number of benzene rings is 1. The number of fused-ring (bicyclic) bond motifs is 1.